The van der Waals surface area contributed by atoms with Crippen molar-refractivity contribution in [2.45, 2.75) is 91.3 Å². The number of benzene rings is 1. The van der Waals surface area contributed by atoms with Crippen molar-refractivity contribution in [1.82, 2.24) is 0 Å². The third-order valence-electron chi connectivity index (χ3n) is 11.0. The van der Waals surface area contributed by atoms with Crippen molar-refractivity contribution in [3.8, 4) is 0 Å². The first-order valence-electron chi connectivity index (χ1n) is 13.6. The predicted molar refractivity (Wildman–Crippen MR) is 135 cm³/mol. The van der Waals surface area contributed by atoms with Gasteiger partial charge in [-0.1, -0.05) is 31.6 Å². The van der Waals surface area contributed by atoms with Crippen molar-refractivity contribution in [2.75, 3.05) is 11.4 Å². The minimum Gasteiger partial charge on any atom is -0.444 e. The van der Waals surface area contributed by atoms with Gasteiger partial charge in [-0.25, -0.2) is 4.79 Å². The maximum atomic E-state index is 13.0. The van der Waals surface area contributed by atoms with Crippen LogP contribution >= 0.6 is 0 Å². The molecule has 1 saturated heterocycles. The Kier molecular flexibility index (Phi) is 5.23. The maximum Gasteiger partial charge on any atom is 0.414 e. The van der Waals surface area contributed by atoms with E-state index < -0.39 is 0 Å². The number of hydrogen-bond acceptors (Lipinski definition) is 3. The molecule has 0 aromatic heterocycles. The van der Waals surface area contributed by atoms with E-state index >= 15 is 0 Å². The van der Waals surface area contributed by atoms with E-state index in [1.165, 1.54) is 43.2 Å². The summed E-state index contributed by atoms with van der Waals surface area (Å²) in [6, 6.07) is 6.37. The van der Waals surface area contributed by atoms with E-state index in [1.807, 2.05) is 4.90 Å². The number of rotatable bonds is 2. The van der Waals surface area contributed by atoms with Gasteiger partial charge in [0.2, 0.25) is 0 Å². The van der Waals surface area contributed by atoms with Crippen LogP contribution in [0.15, 0.2) is 29.8 Å². The summed E-state index contributed by atoms with van der Waals surface area (Å²) in [6.07, 6.45) is 11.3. The number of aliphatic hydroxyl groups excluding tert-OH is 1. The molecule has 3 saturated carbocycles. The minimum absolute atomic E-state index is 0.00465. The lowest BCUT2D eigenvalue weighted by Gasteiger charge is -2.58. The molecule has 1 aliphatic heterocycles. The van der Waals surface area contributed by atoms with E-state index in [0.717, 1.165) is 36.8 Å². The highest BCUT2D eigenvalue weighted by molar-refractivity contribution is 5.90. The van der Waals surface area contributed by atoms with Gasteiger partial charge in [-0.2, -0.15) is 0 Å². The molecule has 1 aromatic carbocycles. The van der Waals surface area contributed by atoms with E-state index in [-0.39, 0.29) is 29.1 Å². The summed E-state index contributed by atoms with van der Waals surface area (Å²) in [5.74, 6) is 2.64. The topological polar surface area (TPSA) is 49.8 Å². The van der Waals surface area contributed by atoms with Crippen molar-refractivity contribution in [3.05, 3.63) is 41.0 Å². The Balaban J connectivity index is 1.23. The molecule has 1 heterocycles. The highest BCUT2D eigenvalue weighted by atomic mass is 16.6. The summed E-state index contributed by atoms with van der Waals surface area (Å²) in [7, 11) is 0. The third kappa shape index (κ3) is 3.31. The van der Waals surface area contributed by atoms with Crippen molar-refractivity contribution < 1.29 is 14.6 Å². The van der Waals surface area contributed by atoms with Gasteiger partial charge in [0.1, 0.15) is 6.10 Å². The van der Waals surface area contributed by atoms with E-state index in [1.54, 1.807) is 5.57 Å². The molecule has 1 N–H and O–H groups in total. The Morgan fingerprint density at radius 1 is 0.971 bits per heavy atom. The van der Waals surface area contributed by atoms with Crippen molar-refractivity contribution in [3.63, 3.8) is 0 Å². The van der Waals surface area contributed by atoms with Gasteiger partial charge in [-0.3, -0.25) is 4.90 Å². The number of cyclic esters (lactones) is 1. The zero-order chi connectivity index (χ0) is 23.8. The van der Waals surface area contributed by atoms with E-state index in [0.29, 0.717) is 18.4 Å². The van der Waals surface area contributed by atoms with Crippen LogP contribution in [0.25, 0.3) is 0 Å². The van der Waals surface area contributed by atoms with Gasteiger partial charge in [0.15, 0.2) is 0 Å². The molecule has 6 rings (SSSR count). The number of allylic oxidation sites excluding steroid dienone is 1. The van der Waals surface area contributed by atoms with Crippen LogP contribution in [0.2, 0.25) is 0 Å². The van der Waals surface area contributed by atoms with Gasteiger partial charge in [0.05, 0.1) is 12.6 Å². The quantitative estimate of drug-likeness (QED) is 0.505. The lowest BCUT2D eigenvalue weighted by Crippen LogP contribution is -2.51. The average molecular weight is 464 g/mol. The molecule has 8 atom stereocenters. The minimum atomic E-state index is -0.172. The fraction of sp³-hybridized carbons (Fsp3) is 0.700. The molecule has 0 spiro atoms. The number of aryl methyl sites for hydroxylation is 2. The standard InChI is InChI=1S/C30H41NO3/c1-18-13-19(2)15-21(14-18)31-17-27(34-28(31)33)26-8-7-24-23-6-5-20-16-22(32)9-11-29(20,3)25(23)10-12-30(24,26)4/h5,13-15,22-27,32H,6-12,16-17H2,1-4H3/t22-,23-,24-,25-,26+,27+,29-,30-/m0/s1. The molecular formula is C30H41NO3. The SMILES string of the molecule is Cc1cc(C)cc(N2C[C@H]([C@H]3CC[C@H]4[C@@H]5CC=C6C[C@@H](O)CC[C@]6(C)[C@H]5CC[C@]34C)OC2=O)c1. The highest BCUT2D eigenvalue weighted by Gasteiger charge is 2.61. The van der Waals surface area contributed by atoms with Crippen molar-refractivity contribution >= 4 is 11.8 Å². The number of nitrogens with zero attached hydrogens (tertiary/aromatic N) is 1. The summed E-state index contributed by atoms with van der Waals surface area (Å²) in [5, 5.41) is 10.3. The second kappa shape index (κ2) is 7.85. The second-order valence-electron chi connectivity index (χ2n) is 12.8. The Morgan fingerprint density at radius 3 is 2.47 bits per heavy atom. The summed E-state index contributed by atoms with van der Waals surface area (Å²) >= 11 is 0. The number of fused-ring (bicyclic) bond motifs is 5. The zero-order valence-electron chi connectivity index (χ0n) is 21.3. The lowest BCUT2D eigenvalue weighted by atomic mass is 9.47. The molecule has 4 nitrogen and oxygen atoms in total. The summed E-state index contributed by atoms with van der Waals surface area (Å²) in [4.78, 5) is 14.8. The fourth-order valence-corrected chi connectivity index (χ4v) is 9.30. The number of carbonyl (C=O) groups excluding carboxylic acids is 1. The molecule has 4 heteroatoms. The normalized spacial score (nSPS) is 43.6. The molecule has 0 radical (unpaired) electrons. The van der Waals surface area contributed by atoms with Crippen molar-refractivity contribution in [1.29, 1.82) is 0 Å². The molecule has 5 aliphatic rings. The van der Waals surface area contributed by atoms with Crippen LogP contribution in [0, 0.1) is 48.3 Å². The summed E-state index contributed by atoms with van der Waals surface area (Å²) in [5.41, 5.74) is 5.42. The zero-order valence-corrected chi connectivity index (χ0v) is 21.3. The molecule has 4 fully saturated rings. The monoisotopic (exact) mass is 463 g/mol. The van der Waals surface area contributed by atoms with E-state index in [4.69, 9.17) is 4.74 Å². The molecule has 4 aliphatic carbocycles. The van der Waals surface area contributed by atoms with Gasteiger partial charge in [0, 0.05) is 11.6 Å². The number of ether oxygens (including phenoxy) is 1. The van der Waals surface area contributed by atoms with Gasteiger partial charge in [-0.15, -0.1) is 0 Å². The highest BCUT2D eigenvalue weighted by Crippen LogP contribution is 2.67. The first-order chi connectivity index (χ1) is 16.2. The van der Waals surface area contributed by atoms with Gasteiger partial charge < -0.3 is 9.84 Å². The average Bonchev–Trinajstić information content (AvgIpc) is 3.33. The fourth-order valence-electron chi connectivity index (χ4n) is 9.30. The number of amides is 1. The number of carbonyl (C=O) groups is 1. The van der Waals surface area contributed by atoms with Crippen LogP contribution in [0.1, 0.15) is 76.3 Å². The molecule has 1 aromatic rings. The molecule has 0 unspecified atom stereocenters. The molecular weight excluding hydrogens is 422 g/mol. The van der Waals surface area contributed by atoms with Gasteiger partial charge in [0.25, 0.3) is 0 Å². The third-order valence-corrected chi connectivity index (χ3v) is 11.0. The van der Waals surface area contributed by atoms with Gasteiger partial charge >= 0.3 is 6.09 Å². The number of hydrogen-bond donors (Lipinski definition) is 1. The first kappa shape index (κ1) is 22.6. The second-order valence-corrected chi connectivity index (χ2v) is 12.8. The van der Waals surface area contributed by atoms with Crippen LogP contribution in [-0.2, 0) is 4.74 Å². The van der Waals surface area contributed by atoms with Crippen LogP contribution in [0.5, 0.6) is 0 Å². The van der Waals surface area contributed by atoms with Crippen molar-refractivity contribution in [2.24, 2.45) is 34.5 Å². The van der Waals surface area contributed by atoms with E-state index in [9.17, 15) is 9.90 Å². The largest absolute Gasteiger partial charge is 0.444 e. The van der Waals surface area contributed by atoms with Crippen LogP contribution < -0.4 is 4.90 Å². The molecule has 34 heavy (non-hydrogen) atoms. The Morgan fingerprint density at radius 2 is 1.71 bits per heavy atom. The molecule has 184 valence electrons. The van der Waals surface area contributed by atoms with Gasteiger partial charge in [-0.05, 0) is 117 Å². The lowest BCUT2D eigenvalue weighted by molar-refractivity contribution is -0.0657. The Hall–Kier alpha value is -1.81. The van der Waals surface area contributed by atoms with Crippen LogP contribution in [0.3, 0.4) is 0 Å². The Bertz CT molecular complexity index is 1010. The summed E-state index contributed by atoms with van der Waals surface area (Å²) in [6.45, 7) is 9.88. The Labute approximate surface area is 204 Å². The predicted octanol–water partition coefficient (Wildman–Crippen LogP) is 6.57. The number of aliphatic hydroxyl groups is 1. The first-order valence-corrected chi connectivity index (χ1v) is 13.6. The van der Waals surface area contributed by atoms with Crippen LogP contribution in [-0.4, -0.2) is 30.0 Å². The summed E-state index contributed by atoms with van der Waals surface area (Å²) < 4.78 is 6.11. The smallest absolute Gasteiger partial charge is 0.414 e. The molecule has 0 bridgehead atoms. The molecule has 1 amide bonds. The van der Waals surface area contributed by atoms with Crippen LogP contribution in [0.4, 0.5) is 10.5 Å². The number of anilines is 1. The maximum absolute atomic E-state index is 13.0. The van der Waals surface area contributed by atoms with E-state index in [2.05, 4.69) is 52.0 Å².